The van der Waals surface area contributed by atoms with Crippen LogP contribution in [0.5, 0.6) is 0 Å². The normalized spacial score (nSPS) is 16.4. The van der Waals surface area contributed by atoms with Gasteiger partial charge >= 0.3 is 0 Å². The predicted octanol–water partition coefficient (Wildman–Crippen LogP) is 3.95. The zero-order chi connectivity index (χ0) is 20.3. The molecule has 0 saturated carbocycles. The molecular formula is C18H20F2N2O3S3. The van der Waals surface area contributed by atoms with Gasteiger partial charge in [0.1, 0.15) is 4.88 Å². The number of nitrogens with one attached hydrogen (secondary N) is 1. The molecule has 1 amide bonds. The number of amides is 1. The Balaban J connectivity index is 1.59. The lowest BCUT2D eigenvalue weighted by Gasteiger charge is -2.31. The van der Waals surface area contributed by atoms with Crippen LogP contribution in [-0.2, 0) is 10.0 Å². The van der Waals surface area contributed by atoms with E-state index >= 15 is 0 Å². The third-order valence-electron chi connectivity index (χ3n) is 4.50. The second-order valence-electron chi connectivity index (χ2n) is 6.46. The highest BCUT2D eigenvalue weighted by Gasteiger charge is 2.30. The van der Waals surface area contributed by atoms with E-state index in [0.29, 0.717) is 37.7 Å². The summed E-state index contributed by atoms with van der Waals surface area (Å²) >= 11 is 1.47. The number of hydrogen-bond acceptors (Lipinski definition) is 5. The van der Waals surface area contributed by atoms with Crippen molar-refractivity contribution < 1.29 is 22.0 Å². The highest BCUT2D eigenvalue weighted by Crippen LogP contribution is 2.32. The van der Waals surface area contributed by atoms with Crippen LogP contribution < -0.4 is 5.32 Å². The van der Waals surface area contributed by atoms with Crippen LogP contribution in [0.25, 0.3) is 0 Å². The van der Waals surface area contributed by atoms with Gasteiger partial charge in [0.25, 0.3) is 11.7 Å². The molecule has 0 radical (unpaired) electrons. The second kappa shape index (κ2) is 8.89. The summed E-state index contributed by atoms with van der Waals surface area (Å²) in [6.45, 7) is 2.48. The quantitative estimate of drug-likeness (QED) is 0.683. The lowest BCUT2D eigenvalue weighted by atomic mass is 10.1. The summed E-state index contributed by atoms with van der Waals surface area (Å²) in [6, 6.07) is 8.03. The largest absolute Gasteiger partial charge is 0.348 e. The van der Waals surface area contributed by atoms with Gasteiger partial charge in [-0.15, -0.1) is 11.3 Å². The Labute approximate surface area is 171 Å². The van der Waals surface area contributed by atoms with Gasteiger partial charge in [0.2, 0.25) is 10.0 Å². The van der Waals surface area contributed by atoms with Crippen LogP contribution in [0.1, 0.15) is 28.1 Å². The average molecular weight is 447 g/mol. The van der Waals surface area contributed by atoms with Crippen LogP contribution >= 0.6 is 23.1 Å². The summed E-state index contributed by atoms with van der Waals surface area (Å²) in [5, 5.41) is 4.45. The van der Waals surface area contributed by atoms with Crippen molar-refractivity contribution in [2.45, 2.75) is 41.4 Å². The van der Waals surface area contributed by atoms with Gasteiger partial charge in [-0.05, 0) is 43.3 Å². The summed E-state index contributed by atoms with van der Waals surface area (Å²) < 4.78 is 52.1. The summed E-state index contributed by atoms with van der Waals surface area (Å²) in [4.78, 5) is 13.2. The lowest BCUT2D eigenvalue weighted by molar-refractivity contribution is 0.0925. The van der Waals surface area contributed by atoms with Crippen LogP contribution in [0, 0.1) is 6.92 Å². The summed E-state index contributed by atoms with van der Waals surface area (Å²) in [5.41, 5.74) is 0.985. The maximum absolute atomic E-state index is 12.7. The van der Waals surface area contributed by atoms with Crippen LogP contribution in [0.15, 0.2) is 45.5 Å². The summed E-state index contributed by atoms with van der Waals surface area (Å²) in [7, 11) is -3.56. The number of nitrogens with zero attached hydrogens (tertiary/aromatic N) is 1. The lowest BCUT2D eigenvalue weighted by Crippen LogP contribution is -2.46. The van der Waals surface area contributed by atoms with Gasteiger partial charge in [-0.25, -0.2) is 8.42 Å². The Kier molecular flexibility index (Phi) is 6.74. The van der Waals surface area contributed by atoms with Gasteiger partial charge in [0, 0.05) is 24.0 Å². The third-order valence-corrected chi connectivity index (χ3v) is 8.23. The molecule has 1 aliphatic rings. The fourth-order valence-corrected chi connectivity index (χ4v) is 6.08. The van der Waals surface area contributed by atoms with Crippen molar-refractivity contribution in [1.29, 1.82) is 0 Å². The first-order valence-corrected chi connectivity index (χ1v) is 11.9. The Hall–Kier alpha value is -1.49. The molecule has 28 heavy (non-hydrogen) atoms. The van der Waals surface area contributed by atoms with Gasteiger partial charge in [0.05, 0.1) is 4.90 Å². The number of sulfonamides is 1. The molecule has 152 valence electrons. The molecule has 0 spiro atoms. The SMILES string of the molecule is Cc1ccc(S(=O)(=O)N2CCC(NC(=O)c3sccc3SC(F)F)CC2)cc1. The van der Waals surface area contributed by atoms with Crippen molar-refractivity contribution in [3.8, 4) is 0 Å². The Morgan fingerprint density at radius 2 is 1.86 bits per heavy atom. The van der Waals surface area contributed by atoms with Crippen LogP contribution in [0.4, 0.5) is 8.78 Å². The highest BCUT2D eigenvalue weighted by atomic mass is 32.2. The van der Waals surface area contributed by atoms with E-state index in [0.717, 1.165) is 16.9 Å². The number of thiophene rings is 1. The van der Waals surface area contributed by atoms with Crippen molar-refractivity contribution in [3.05, 3.63) is 46.2 Å². The molecule has 0 atom stereocenters. The van der Waals surface area contributed by atoms with E-state index in [1.54, 1.807) is 29.6 Å². The number of thioether (sulfide) groups is 1. The smallest absolute Gasteiger partial charge is 0.288 e. The topological polar surface area (TPSA) is 66.5 Å². The molecule has 1 saturated heterocycles. The molecule has 1 aromatic heterocycles. The minimum Gasteiger partial charge on any atom is -0.348 e. The average Bonchev–Trinajstić information content (AvgIpc) is 3.10. The van der Waals surface area contributed by atoms with Crippen molar-refractivity contribution in [1.82, 2.24) is 9.62 Å². The Morgan fingerprint density at radius 1 is 1.21 bits per heavy atom. The summed E-state index contributed by atoms with van der Waals surface area (Å²) in [5.74, 6) is -2.98. The van der Waals surface area contributed by atoms with Crippen molar-refractivity contribution in [2.75, 3.05) is 13.1 Å². The zero-order valence-corrected chi connectivity index (χ0v) is 17.5. The number of hydrogen-bond donors (Lipinski definition) is 1. The number of carbonyl (C=O) groups is 1. The molecule has 2 heterocycles. The van der Waals surface area contributed by atoms with Crippen LogP contribution in [0.3, 0.4) is 0 Å². The van der Waals surface area contributed by atoms with Gasteiger partial charge in [0.15, 0.2) is 0 Å². The first-order chi connectivity index (χ1) is 13.3. The third kappa shape index (κ3) is 4.91. The second-order valence-corrected chi connectivity index (χ2v) is 10.3. The van der Waals surface area contributed by atoms with E-state index in [9.17, 15) is 22.0 Å². The molecular weight excluding hydrogens is 426 g/mol. The van der Waals surface area contributed by atoms with Gasteiger partial charge in [-0.3, -0.25) is 4.79 Å². The maximum Gasteiger partial charge on any atom is 0.288 e. The molecule has 1 fully saturated rings. The minimum atomic E-state index is -3.56. The van der Waals surface area contributed by atoms with E-state index in [1.165, 1.54) is 10.4 Å². The molecule has 3 rings (SSSR count). The van der Waals surface area contributed by atoms with Gasteiger partial charge in [-0.1, -0.05) is 29.5 Å². The fourth-order valence-electron chi connectivity index (χ4n) is 3.00. The van der Waals surface area contributed by atoms with E-state index in [-0.39, 0.29) is 20.7 Å². The molecule has 0 unspecified atom stereocenters. The highest BCUT2D eigenvalue weighted by molar-refractivity contribution is 7.99. The van der Waals surface area contributed by atoms with E-state index < -0.39 is 21.7 Å². The number of carbonyl (C=O) groups excluding carboxylic acids is 1. The number of benzene rings is 1. The molecule has 2 aromatic rings. The standard InChI is InChI=1S/C18H20F2N2O3S3/c1-12-2-4-14(5-3-12)28(24,25)22-9-6-13(7-10-22)21-17(23)16-15(8-11-26-16)27-18(19)20/h2-5,8,11,13,18H,6-7,9-10H2,1H3,(H,21,23). The minimum absolute atomic E-state index is 0.191. The van der Waals surface area contributed by atoms with Crippen LogP contribution in [-0.4, -0.2) is 43.5 Å². The first-order valence-electron chi connectivity index (χ1n) is 8.67. The number of piperidine rings is 1. The Bertz CT molecular complexity index is 922. The van der Waals surface area contributed by atoms with E-state index in [4.69, 9.17) is 0 Å². The summed E-state index contributed by atoms with van der Waals surface area (Å²) in [6.07, 6.45) is 0.944. The molecule has 5 nitrogen and oxygen atoms in total. The fraction of sp³-hybridized carbons (Fsp3) is 0.389. The number of halogens is 2. The van der Waals surface area contributed by atoms with Gasteiger partial charge < -0.3 is 5.32 Å². The van der Waals surface area contributed by atoms with Gasteiger partial charge in [-0.2, -0.15) is 13.1 Å². The molecule has 10 heteroatoms. The molecule has 0 aliphatic carbocycles. The van der Waals surface area contributed by atoms with Crippen LogP contribution in [0.2, 0.25) is 0 Å². The molecule has 0 bridgehead atoms. The molecule has 1 aromatic carbocycles. The van der Waals surface area contributed by atoms with E-state index in [2.05, 4.69) is 5.32 Å². The molecule has 1 N–H and O–H groups in total. The monoisotopic (exact) mass is 446 g/mol. The number of aryl methyl sites for hydroxylation is 1. The number of alkyl halides is 2. The number of rotatable bonds is 6. The zero-order valence-electron chi connectivity index (χ0n) is 15.1. The van der Waals surface area contributed by atoms with E-state index in [1.807, 2.05) is 6.92 Å². The van der Waals surface area contributed by atoms with Crippen molar-refractivity contribution in [2.24, 2.45) is 0 Å². The predicted molar refractivity (Wildman–Crippen MR) is 107 cm³/mol. The maximum atomic E-state index is 12.7. The molecule has 1 aliphatic heterocycles. The Morgan fingerprint density at radius 3 is 2.46 bits per heavy atom. The van der Waals surface area contributed by atoms with Crippen molar-refractivity contribution in [3.63, 3.8) is 0 Å². The first kappa shape index (κ1) is 21.2. The van der Waals surface area contributed by atoms with Crippen molar-refractivity contribution >= 4 is 39.0 Å².